The second-order valence-electron chi connectivity index (χ2n) is 7.51. The summed E-state index contributed by atoms with van der Waals surface area (Å²) in [6.07, 6.45) is 1.77. The van der Waals surface area contributed by atoms with Gasteiger partial charge in [0.05, 0.1) is 24.8 Å². The van der Waals surface area contributed by atoms with E-state index >= 15 is 0 Å². The first-order valence-corrected chi connectivity index (χ1v) is 9.79. The summed E-state index contributed by atoms with van der Waals surface area (Å²) >= 11 is 0. The fraction of sp³-hybridized carbons (Fsp3) is 0.304. The predicted molar refractivity (Wildman–Crippen MR) is 108 cm³/mol. The lowest BCUT2D eigenvalue weighted by Crippen LogP contribution is -2.38. The van der Waals surface area contributed by atoms with E-state index in [9.17, 15) is 9.59 Å². The first-order valence-electron chi connectivity index (χ1n) is 9.79. The van der Waals surface area contributed by atoms with Crippen LogP contribution in [-0.4, -0.2) is 19.7 Å². The highest BCUT2D eigenvalue weighted by atomic mass is 16.5. The SMILES string of the molecule is COC(=O)c1ccc([C@@H]2Nc3c(c4ccccc4oc3=O)[C@H]3OCCC[C@H]32)cc1. The van der Waals surface area contributed by atoms with E-state index in [1.165, 1.54) is 7.11 Å². The quantitative estimate of drug-likeness (QED) is 0.521. The average molecular weight is 391 g/mol. The molecule has 0 amide bonds. The van der Waals surface area contributed by atoms with Gasteiger partial charge in [-0.15, -0.1) is 0 Å². The van der Waals surface area contributed by atoms with Crippen molar-refractivity contribution >= 4 is 22.6 Å². The molecule has 3 heterocycles. The summed E-state index contributed by atoms with van der Waals surface area (Å²) in [5.74, 6) is -0.199. The summed E-state index contributed by atoms with van der Waals surface area (Å²) in [7, 11) is 1.36. The lowest BCUT2D eigenvalue weighted by atomic mass is 9.77. The van der Waals surface area contributed by atoms with Crippen LogP contribution in [0.3, 0.4) is 0 Å². The summed E-state index contributed by atoms with van der Waals surface area (Å²) in [5.41, 5.74) is 3.04. The molecule has 148 valence electrons. The maximum absolute atomic E-state index is 12.8. The molecule has 1 saturated heterocycles. The summed E-state index contributed by atoms with van der Waals surface area (Å²) in [6.45, 7) is 0.670. The average Bonchev–Trinajstić information content (AvgIpc) is 2.78. The minimum atomic E-state index is -0.387. The van der Waals surface area contributed by atoms with Crippen LogP contribution >= 0.6 is 0 Å². The number of anilines is 1. The van der Waals surface area contributed by atoms with Gasteiger partial charge in [-0.3, -0.25) is 0 Å². The number of hydrogen-bond donors (Lipinski definition) is 1. The molecule has 2 aromatic carbocycles. The Morgan fingerprint density at radius 1 is 1.14 bits per heavy atom. The number of ether oxygens (including phenoxy) is 2. The molecular weight excluding hydrogens is 370 g/mol. The zero-order valence-corrected chi connectivity index (χ0v) is 16.0. The van der Waals surface area contributed by atoms with E-state index in [1.807, 2.05) is 36.4 Å². The van der Waals surface area contributed by atoms with Gasteiger partial charge in [0, 0.05) is 23.5 Å². The Balaban J connectivity index is 1.63. The molecule has 0 radical (unpaired) electrons. The number of para-hydroxylation sites is 1. The number of carbonyl (C=O) groups is 1. The molecule has 6 nitrogen and oxygen atoms in total. The van der Waals surface area contributed by atoms with Crippen LogP contribution in [0.25, 0.3) is 11.0 Å². The lowest BCUT2D eigenvalue weighted by Gasteiger charge is -2.43. The van der Waals surface area contributed by atoms with E-state index in [2.05, 4.69) is 5.32 Å². The van der Waals surface area contributed by atoms with Crippen LogP contribution in [0.15, 0.2) is 57.7 Å². The summed E-state index contributed by atoms with van der Waals surface area (Å²) in [5, 5.41) is 4.34. The van der Waals surface area contributed by atoms with Crippen molar-refractivity contribution in [3.8, 4) is 0 Å². The molecule has 0 unspecified atom stereocenters. The predicted octanol–water partition coefficient (Wildman–Crippen LogP) is 4.21. The third kappa shape index (κ3) is 2.91. The van der Waals surface area contributed by atoms with Gasteiger partial charge in [-0.1, -0.05) is 30.3 Å². The number of rotatable bonds is 2. The van der Waals surface area contributed by atoms with Gasteiger partial charge in [0.15, 0.2) is 0 Å². The minimum absolute atomic E-state index is 0.108. The first kappa shape index (κ1) is 17.9. The van der Waals surface area contributed by atoms with E-state index < -0.39 is 0 Å². The van der Waals surface area contributed by atoms with Gasteiger partial charge in [0.25, 0.3) is 0 Å². The largest absolute Gasteiger partial charge is 0.465 e. The Morgan fingerprint density at radius 3 is 2.72 bits per heavy atom. The molecule has 2 aliphatic rings. The fourth-order valence-corrected chi connectivity index (χ4v) is 4.59. The first-order chi connectivity index (χ1) is 14.2. The number of fused-ring (bicyclic) bond motifs is 5. The standard InChI is InChI=1S/C23H21NO5/c1-27-22(25)14-10-8-13(9-11-14)19-16-6-4-12-28-21(16)18-15-5-2-3-7-17(15)29-23(26)20(18)24-19/h2-3,5,7-11,16,19,21,24H,4,6,12H2,1H3/t16-,19-,21-/m0/s1. The Morgan fingerprint density at radius 2 is 1.93 bits per heavy atom. The molecule has 0 spiro atoms. The lowest BCUT2D eigenvalue weighted by molar-refractivity contribution is -0.0375. The van der Waals surface area contributed by atoms with Crippen LogP contribution in [0.2, 0.25) is 0 Å². The normalized spacial score (nSPS) is 23.0. The third-order valence-corrected chi connectivity index (χ3v) is 5.92. The smallest absolute Gasteiger partial charge is 0.360 e. The Kier molecular flexibility index (Phi) is 4.36. The van der Waals surface area contributed by atoms with E-state index in [1.54, 1.807) is 12.1 Å². The summed E-state index contributed by atoms with van der Waals surface area (Å²) in [6, 6.07) is 14.8. The zero-order valence-electron chi connectivity index (χ0n) is 16.0. The highest BCUT2D eigenvalue weighted by Gasteiger charge is 2.42. The molecule has 1 N–H and O–H groups in total. The molecule has 0 saturated carbocycles. The highest BCUT2D eigenvalue weighted by Crippen LogP contribution is 2.50. The van der Waals surface area contributed by atoms with Gasteiger partial charge in [-0.25, -0.2) is 9.59 Å². The number of methoxy groups -OCH3 is 1. The fourth-order valence-electron chi connectivity index (χ4n) is 4.59. The van der Waals surface area contributed by atoms with Crippen molar-refractivity contribution in [3.63, 3.8) is 0 Å². The summed E-state index contributed by atoms with van der Waals surface area (Å²) in [4.78, 5) is 24.5. The van der Waals surface area contributed by atoms with Gasteiger partial charge in [-0.2, -0.15) is 0 Å². The molecule has 0 aliphatic carbocycles. The monoisotopic (exact) mass is 391 g/mol. The maximum atomic E-state index is 12.8. The van der Waals surface area contributed by atoms with Crippen LogP contribution in [-0.2, 0) is 9.47 Å². The van der Waals surface area contributed by atoms with Gasteiger partial charge in [0.2, 0.25) is 0 Å². The van der Waals surface area contributed by atoms with Crippen molar-refractivity contribution in [1.82, 2.24) is 0 Å². The van der Waals surface area contributed by atoms with E-state index in [0.717, 1.165) is 29.4 Å². The third-order valence-electron chi connectivity index (χ3n) is 5.92. The van der Waals surface area contributed by atoms with Gasteiger partial charge in [0.1, 0.15) is 11.3 Å². The molecule has 3 aromatic rings. The second kappa shape index (κ2) is 7.04. The van der Waals surface area contributed by atoms with Gasteiger partial charge >= 0.3 is 11.6 Å². The maximum Gasteiger partial charge on any atom is 0.360 e. The van der Waals surface area contributed by atoms with Crippen molar-refractivity contribution in [1.29, 1.82) is 0 Å². The Labute approximate surface area is 167 Å². The molecule has 2 aliphatic heterocycles. The number of benzene rings is 2. The molecular formula is C23H21NO5. The van der Waals surface area contributed by atoms with Crippen LogP contribution in [0.1, 0.15) is 46.5 Å². The number of carbonyl (C=O) groups excluding carboxylic acids is 1. The molecule has 3 atom stereocenters. The van der Waals surface area contributed by atoms with E-state index in [-0.39, 0.29) is 29.7 Å². The van der Waals surface area contributed by atoms with Gasteiger partial charge < -0.3 is 19.2 Å². The molecule has 1 fully saturated rings. The minimum Gasteiger partial charge on any atom is -0.465 e. The molecule has 0 bridgehead atoms. The zero-order chi connectivity index (χ0) is 20.0. The van der Waals surface area contributed by atoms with Crippen LogP contribution in [0, 0.1) is 5.92 Å². The second-order valence-corrected chi connectivity index (χ2v) is 7.51. The molecule has 5 rings (SSSR count). The molecule has 6 heteroatoms. The van der Waals surface area contributed by atoms with E-state index in [0.29, 0.717) is 23.4 Å². The number of esters is 1. The highest BCUT2D eigenvalue weighted by molar-refractivity contribution is 5.89. The van der Waals surface area contributed by atoms with Crippen LogP contribution in [0.5, 0.6) is 0 Å². The van der Waals surface area contributed by atoms with E-state index in [4.69, 9.17) is 13.9 Å². The van der Waals surface area contributed by atoms with Crippen LogP contribution in [0.4, 0.5) is 5.69 Å². The topological polar surface area (TPSA) is 77.8 Å². The summed E-state index contributed by atoms with van der Waals surface area (Å²) < 4.78 is 16.5. The molecule has 1 aromatic heterocycles. The Hall–Kier alpha value is -3.12. The molecule has 29 heavy (non-hydrogen) atoms. The van der Waals surface area contributed by atoms with Crippen molar-refractivity contribution in [3.05, 3.63) is 75.6 Å². The van der Waals surface area contributed by atoms with Crippen molar-refractivity contribution in [2.45, 2.75) is 25.0 Å². The number of nitrogens with one attached hydrogen (secondary N) is 1. The van der Waals surface area contributed by atoms with Crippen molar-refractivity contribution in [2.24, 2.45) is 5.92 Å². The van der Waals surface area contributed by atoms with Crippen molar-refractivity contribution in [2.75, 3.05) is 19.0 Å². The number of hydrogen-bond acceptors (Lipinski definition) is 6. The Bertz CT molecular complexity index is 1130. The van der Waals surface area contributed by atoms with Gasteiger partial charge in [-0.05, 0) is 36.6 Å². The van der Waals surface area contributed by atoms with Crippen molar-refractivity contribution < 1.29 is 18.7 Å². The van der Waals surface area contributed by atoms with Crippen LogP contribution < -0.4 is 10.9 Å².